The lowest BCUT2D eigenvalue weighted by Gasteiger charge is -2.17. The summed E-state index contributed by atoms with van der Waals surface area (Å²) in [5.74, 6) is -0.241. The summed E-state index contributed by atoms with van der Waals surface area (Å²) in [6.07, 6.45) is 4.72. The quantitative estimate of drug-likeness (QED) is 0.507. The SMILES string of the molecule is O=C(OC1C=CC1)c1ccccc1. The minimum Gasteiger partial charge on any atom is -0.454 e. The number of carbonyl (C=O) groups is 1. The van der Waals surface area contributed by atoms with Crippen molar-refractivity contribution in [3.63, 3.8) is 0 Å². The molecule has 1 aromatic rings. The maximum atomic E-state index is 11.4. The van der Waals surface area contributed by atoms with Crippen LogP contribution in [0.1, 0.15) is 16.8 Å². The average molecular weight is 174 g/mol. The molecule has 2 heteroatoms. The fraction of sp³-hybridized carbons (Fsp3) is 0.182. The van der Waals surface area contributed by atoms with Gasteiger partial charge in [-0.25, -0.2) is 4.79 Å². The van der Waals surface area contributed by atoms with Crippen LogP contribution in [0.4, 0.5) is 0 Å². The maximum absolute atomic E-state index is 11.4. The van der Waals surface area contributed by atoms with Crippen LogP contribution in [0.5, 0.6) is 0 Å². The zero-order chi connectivity index (χ0) is 9.10. The van der Waals surface area contributed by atoms with Crippen molar-refractivity contribution >= 4 is 5.97 Å². The van der Waals surface area contributed by atoms with Gasteiger partial charge in [0, 0.05) is 6.42 Å². The Labute approximate surface area is 76.8 Å². The van der Waals surface area contributed by atoms with Gasteiger partial charge >= 0.3 is 5.97 Å². The highest BCUT2D eigenvalue weighted by atomic mass is 16.5. The van der Waals surface area contributed by atoms with Gasteiger partial charge in [-0.15, -0.1) is 0 Å². The van der Waals surface area contributed by atoms with Gasteiger partial charge in [-0.1, -0.05) is 24.3 Å². The molecule has 13 heavy (non-hydrogen) atoms. The Morgan fingerprint density at radius 1 is 1.31 bits per heavy atom. The van der Waals surface area contributed by atoms with E-state index in [0.29, 0.717) is 5.56 Å². The van der Waals surface area contributed by atoms with Crippen molar-refractivity contribution in [3.8, 4) is 0 Å². The lowest BCUT2D eigenvalue weighted by atomic mass is 10.1. The van der Waals surface area contributed by atoms with E-state index in [-0.39, 0.29) is 12.1 Å². The van der Waals surface area contributed by atoms with Crippen LogP contribution in [0.3, 0.4) is 0 Å². The van der Waals surface area contributed by atoms with Crippen molar-refractivity contribution < 1.29 is 9.53 Å². The van der Waals surface area contributed by atoms with Gasteiger partial charge in [0.2, 0.25) is 0 Å². The summed E-state index contributed by atoms with van der Waals surface area (Å²) < 4.78 is 5.15. The predicted molar refractivity (Wildman–Crippen MR) is 49.4 cm³/mol. The summed E-state index contributed by atoms with van der Waals surface area (Å²) >= 11 is 0. The van der Waals surface area contributed by atoms with Crippen molar-refractivity contribution in [2.24, 2.45) is 0 Å². The van der Waals surface area contributed by atoms with E-state index in [1.807, 2.05) is 30.4 Å². The lowest BCUT2D eigenvalue weighted by molar-refractivity contribution is 0.0372. The molecule has 2 rings (SSSR count). The summed E-state index contributed by atoms with van der Waals surface area (Å²) in [7, 11) is 0. The van der Waals surface area contributed by atoms with Crippen molar-refractivity contribution in [1.29, 1.82) is 0 Å². The van der Waals surface area contributed by atoms with E-state index in [0.717, 1.165) is 6.42 Å². The Morgan fingerprint density at radius 2 is 2.00 bits per heavy atom. The second-order valence-corrected chi connectivity index (χ2v) is 2.97. The molecule has 0 fully saturated rings. The third-order valence-electron chi connectivity index (χ3n) is 1.99. The fourth-order valence-corrected chi connectivity index (χ4v) is 1.11. The van der Waals surface area contributed by atoms with Crippen molar-refractivity contribution in [2.75, 3.05) is 0 Å². The van der Waals surface area contributed by atoms with Crippen LogP contribution in [0, 0.1) is 0 Å². The summed E-state index contributed by atoms with van der Waals surface area (Å²) in [5, 5.41) is 0. The van der Waals surface area contributed by atoms with Crippen molar-refractivity contribution in [1.82, 2.24) is 0 Å². The second-order valence-electron chi connectivity index (χ2n) is 2.97. The molecular weight excluding hydrogens is 164 g/mol. The molecule has 1 aliphatic rings. The molecule has 0 saturated heterocycles. The zero-order valence-electron chi connectivity index (χ0n) is 7.14. The third-order valence-corrected chi connectivity index (χ3v) is 1.99. The highest BCUT2D eigenvalue weighted by Crippen LogP contribution is 2.14. The number of carbonyl (C=O) groups excluding carboxylic acids is 1. The van der Waals surface area contributed by atoms with E-state index in [2.05, 4.69) is 0 Å². The van der Waals surface area contributed by atoms with Gasteiger partial charge in [-0.2, -0.15) is 0 Å². The van der Waals surface area contributed by atoms with Crippen LogP contribution >= 0.6 is 0 Å². The van der Waals surface area contributed by atoms with Crippen LogP contribution in [0.15, 0.2) is 42.5 Å². The van der Waals surface area contributed by atoms with E-state index < -0.39 is 0 Å². The highest BCUT2D eigenvalue weighted by molar-refractivity contribution is 5.89. The Bertz CT molecular complexity index is 327. The van der Waals surface area contributed by atoms with E-state index in [9.17, 15) is 4.79 Å². The van der Waals surface area contributed by atoms with E-state index in [4.69, 9.17) is 4.74 Å². The first-order valence-electron chi connectivity index (χ1n) is 4.29. The van der Waals surface area contributed by atoms with Crippen LogP contribution in [-0.4, -0.2) is 12.1 Å². The maximum Gasteiger partial charge on any atom is 0.338 e. The van der Waals surface area contributed by atoms with Gasteiger partial charge < -0.3 is 4.74 Å². The first-order valence-corrected chi connectivity index (χ1v) is 4.29. The Kier molecular flexibility index (Phi) is 2.13. The van der Waals surface area contributed by atoms with E-state index >= 15 is 0 Å². The number of rotatable bonds is 2. The Hall–Kier alpha value is -1.57. The minimum absolute atomic E-state index is 0.00675. The van der Waals surface area contributed by atoms with Crippen molar-refractivity contribution in [2.45, 2.75) is 12.5 Å². The van der Waals surface area contributed by atoms with E-state index in [1.54, 1.807) is 12.1 Å². The molecule has 0 saturated carbocycles. The standard InChI is InChI=1S/C11H10O2/c12-11(13-10-7-4-8-10)9-5-2-1-3-6-9/h1-7,10H,8H2. The molecule has 1 aromatic carbocycles. The van der Waals surface area contributed by atoms with Crippen LogP contribution in [-0.2, 0) is 4.74 Å². The second kappa shape index (κ2) is 3.44. The number of esters is 1. The zero-order valence-corrected chi connectivity index (χ0v) is 7.14. The molecule has 0 aliphatic heterocycles. The van der Waals surface area contributed by atoms with Gasteiger partial charge in [0.15, 0.2) is 0 Å². The van der Waals surface area contributed by atoms with E-state index in [1.165, 1.54) is 0 Å². The Balaban J connectivity index is 2.01. The summed E-state index contributed by atoms with van der Waals surface area (Å²) in [5.41, 5.74) is 0.614. The fourth-order valence-electron chi connectivity index (χ4n) is 1.11. The molecule has 0 heterocycles. The highest BCUT2D eigenvalue weighted by Gasteiger charge is 2.15. The molecule has 66 valence electrons. The topological polar surface area (TPSA) is 26.3 Å². The summed E-state index contributed by atoms with van der Waals surface area (Å²) in [4.78, 5) is 11.4. The third kappa shape index (κ3) is 1.78. The number of ether oxygens (including phenoxy) is 1. The van der Waals surface area contributed by atoms with Crippen LogP contribution in [0.2, 0.25) is 0 Å². The van der Waals surface area contributed by atoms with Gasteiger partial charge in [-0.05, 0) is 18.2 Å². The monoisotopic (exact) mass is 174 g/mol. The van der Waals surface area contributed by atoms with Gasteiger partial charge in [-0.3, -0.25) is 0 Å². The van der Waals surface area contributed by atoms with Crippen LogP contribution < -0.4 is 0 Å². The lowest BCUT2D eigenvalue weighted by Crippen LogP contribution is -2.19. The molecule has 1 atom stereocenters. The van der Waals surface area contributed by atoms with Crippen molar-refractivity contribution in [3.05, 3.63) is 48.0 Å². The number of hydrogen-bond acceptors (Lipinski definition) is 2. The normalized spacial score (nSPS) is 19.2. The largest absolute Gasteiger partial charge is 0.454 e. The Morgan fingerprint density at radius 3 is 2.54 bits per heavy atom. The average Bonchev–Trinajstić information content (AvgIpc) is 2.12. The summed E-state index contributed by atoms with van der Waals surface area (Å²) in [6, 6.07) is 9.04. The number of hydrogen-bond donors (Lipinski definition) is 0. The first-order chi connectivity index (χ1) is 6.36. The molecule has 2 nitrogen and oxygen atoms in total. The molecular formula is C11H10O2. The summed E-state index contributed by atoms with van der Waals surface area (Å²) in [6.45, 7) is 0. The number of benzene rings is 1. The molecule has 0 bridgehead atoms. The predicted octanol–water partition coefficient (Wildman–Crippen LogP) is 2.17. The molecule has 0 N–H and O–H groups in total. The van der Waals surface area contributed by atoms with Gasteiger partial charge in [0.05, 0.1) is 5.56 Å². The molecule has 0 radical (unpaired) electrons. The van der Waals surface area contributed by atoms with Crippen LogP contribution in [0.25, 0.3) is 0 Å². The molecule has 0 spiro atoms. The first kappa shape index (κ1) is 8.05. The smallest absolute Gasteiger partial charge is 0.338 e. The van der Waals surface area contributed by atoms with Gasteiger partial charge in [0.1, 0.15) is 6.10 Å². The molecule has 0 aromatic heterocycles. The molecule has 1 aliphatic carbocycles. The molecule has 0 amide bonds. The minimum atomic E-state index is -0.241. The van der Waals surface area contributed by atoms with Gasteiger partial charge in [0.25, 0.3) is 0 Å². The molecule has 1 unspecified atom stereocenters.